The van der Waals surface area contributed by atoms with E-state index in [1.165, 1.54) is 5.69 Å². The van der Waals surface area contributed by atoms with Gasteiger partial charge in [0.1, 0.15) is 0 Å². The first-order valence-electron chi connectivity index (χ1n) is 9.98. The average Bonchev–Trinajstić information content (AvgIpc) is 3.14. The molecule has 146 valence electrons. The topological polar surface area (TPSA) is 52.3 Å². The summed E-state index contributed by atoms with van der Waals surface area (Å²) < 4.78 is 2.08. The lowest BCUT2D eigenvalue weighted by Gasteiger charge is -2.35. The molecule has 0 unspecified atom stereocenters. The van der Waals surface area contributed by atoms with E-state index in [2.05, 4.69) is 39.8 Å². The molecule has 1 aliphatic heterocycles. The van der Waals surface area contributed by atoms with Gasteiger partial charge in [-0.25, -0.2) is 0 Å². The quantitative estimate of drug-likeness (QED) is 0.627. The van der Waals surface area contributed by atoms with Gasteiger partial charge in [0.05, 0.1) is 12.5 Å². The summed E-state index contributed by atoms with van der Waals surface area (Å²) in [4.78, 5) is 16.9. The van der Waals surface area contributed by atoms with Crippen molar-refractivity contribution in [3.8, 4) is 6.07 Å². The first-order valence-corrected chi connectivity index (χ1v) is 9.98. The second-order valence-electron chi connectivity index (χ2n) is 7.18. The van der Waals surface area contributed by atoms with E-state index in [0.29, 0.717) is 13.0 Å². The Balaban J connectivity index is 1.43. The number of rotatable bonds is 5. The number of fused-ring (bicyclic) bond motifs is 1. The normalized spacial score (nSPS) is 14.4. The number of para-hydroxylation sites is 2. The summed E-state index contributed by atoms with van der Waals surface area (Å²) in [5.74, 6) is 0.0477. The fourth-order valence-corrected chi connectivity index (χ4v) is 3.85. The fourth-order valence-electron chi connectivity index (χ4n) is 3.85. The molecule has 5 heteroatoms. The molecule has 29 heavy (non-hydrogen) atoms. The van der Waals surface area contributed by atoms with Gasteiger partial charge >= 0.3 is 0 Å². The molecule has 1 amide bonds. The number of amides is 1. The third kappa shape index (κ3) is 4.17. The van der Waals surface area contributed by atoms with Crippen LogP contribution in [0.4, 0.5) is 5.69 Å². The number of aromatic nitrogens is 1. The summed E-state index contributed by atoms with van der Waals surface area (Å²) >= 11 is 0. The molecule has 2 aromatic carbocycles. The molecule has 1 aliphatic rings. The van der Waals surface area contributed by atoms with E-state index in [-0.39, 0.29) is 5.91 Å². The van der Waals surface area contributed by atoms with Crippen LogP contribution < -0.4 is 4.90 Å². The summed E-state index contributed by atoms with van der Waals surface area (Å²) in [7, 11) is 0. The Morgan fingerprint density at radius 2 is 1.72 bits per heavy atom. The van der Waals surface area contributed by atoms with Crippen LogP contribution in [0.3, 0.4) is 0 Å². The third-order valence-electron chi connectivity index (χ3n) is 5.40. The zero-order valence-electron chi connectivity index (χ0n) is 16.4. The first kappa shape index (κ1) is 18.8. The molecular weight excluding hydrogens is 360 g/mol. The van der Waals surface area contributed by atoms with Crippen LogP contribution in [-0.4, -0.2) is 41.6 Å². The highest BCUT2D eigenvalue weighted by atomic mass is 16.2. The van der Waals surface area contributed by atoms with Crippen LogP contribution >= 0.6 is 0 Å². The Morgan fingerprint density at radius 3 is 2.48 bits per heavy atom. The number of aryl methyl sites for hydroxylation is 1. The molecule has 1 aromatic heterocycles. The number of hydrogen-bond acceptors (Lipinski definition) is 3. The van der Waals surface area contributed by atoms with Crippen molar-refractivity contribution in [3.63, 3.8) is 0 Å². The van der Waals surface area contributed by atoms with Crippen LogP contribution in [-0.2, 0) is 11.3 Å². The van der Waals surface area contributed by atoms with Crippen LogP contribution in [0.15, 0.2) is 66.9 Å². The van der Waals surface area contributed by atoms with Crippen LogP contribution in [0, 0.1) is 11.3 Å². The number of benzene rings is 2. The van der Waals surface area contributed by atoms with Crippen LogP contribution in [0.2, 0.25) is 0 Å². The summed E-state index contributed by atoms with van der Waals surface area (Å²) in [6.07, 6.45) is 6.07. The molecule has 0 atom stereocenters. The van der Waals surface area contributed by atoms with Gasteiger partial charge in [-0.15, -0.1) is 0 Å². The molecule has 0 spiro atoms. The van der Waals surface area contributed by atoms with E-state index in [4.69, 9.17) is 5.26 Å². The third-order valence-corrected chi connectivity index (χ3v) is 5.40. The molecule has 0 saturated carbocycles. The van der Waals surface area contributed by atoms with Gasteiger partial charge in [0, 0.05) is 67.2 Å². The number of hydrogen-bond donors (Lipinski definition) is 0. The molecule has 0 N–H and O–H groups in total. The van der Waals surface area contributed by atoms with Gasteiger partial charge in [-0.1, -0.05) is 36.4 Å². The van der Waals surface area contributed by atoms with Gasteiger partial charge in [0.15, 0.2) is 0 Å². The lowest BCUT2D eigenvalue weighted by atomic mass is 10.1. The minimum atomic E-state index is 0.0477. The zero-order valence-corrected chi connectivity index (χ0v) is 16.4. The zero-order chi connectivity index (χ0) is 20.1. The van der Waals surface area contributed by atoms with E-state index < -0.39 is 0 Å². The van der Waals surface area contributed by atoms with Crippen LogP contribution in [0.5, 0.6) is 0 Å². The van der Waals surface area contributed by atoms with E-state index in [0.717, 1.165) is 42.6 Å². The number of carbonyl (C=O) groups excluding carboxylic acids is 1. The molecule has 4 rings (SSSR count). The Kier molecular flexibility index (Phi) is 5.62. The summed E-state index contributed by atoms with van der Waals surface area (Å²) in [6, 6.07) is 20.6. The van der Waals surface area contributed by atoms with Gasteiger partial charge in [-0.2, -0.15) is 5.26 Å². The van der Waals surface area contributed by atoms with Gasteiger partial charge in [0.25, 0.3) is 0 Å². The largest absolute Gasteiger partial charge is 0.368 e. The van der Waals surface area contributed by atoms with E-state index >= 15 is 0 Å². The highest BCUT2D eigenvalue weighted by Crippen LogP contribution is 2.23. The summed E-state index contributed by atoms with van der Waals surface area (Å²) in [5.41, 5.74) is 3.31. The molecule has 0 bridgehead atoms. The highest BCUT2D eigenvalue weighted by Gasteiger charge is 2.19. The first-order chi connectivity index (χ1) is 14.3. The van der Waals surface area contributed by atoms with Crippen molar-refractivity contribution in [1.82, 2.24) is 9.47 Å². The lowest BCUT2D eigenvalue weighted by Crippen LogP contribution is -2.48. The van der Waals surface area contributed by atoms with Crippen molar-refractivity contribution < 1.29 is 4.79 Å². The number of carbonyl (C=O) groups is 1. The molecule has 5 nitrogen and oxygen atoms in total. The number of nitrogens with zero attached hydrogens (tertiary/aromatic N) is 4. The maximum atomic E-state index is 12.7. The SMILES string of the molecule is N#CCCn1cc(/C=C/C(=O)N2CCN(c3ccccc3)CC2)c2ccccc21. The molecule has 0 radical (unpaired) electrons. The van der Waals surface area contributed by atoms with Crippen molar-refractivity contribution in [2.45, 2.75) is 13.0 Å². The molecule has 1 fully saturated rings. The Bertz CT molecular complexity index is 1050. The molecular formula is C24H24N4O. The highest BCUT2D eigenvalue weighted by molar-refractivity contribution is 5.96. The summed E-state index contributed by atoms with van der Waals surface area (Å²) in [6.45, 7) is 3.79. The fraction of sp³-hybridized carbons (Fsp3) is 0.250. The standard InChI is InChI=1S/C24H24N4O/c25-13-6-14-28-19-20(22-9-4-5-10-23(22)28)11-12-24(29)27-17-15-26(16-18-27)21-7-2-1-3-8-21/h1-5,7-12,19H,6,14-18H2/b12-11+. The number of piperazine rings is 1. The minimum Gasteiger partial charge on any atom is -0.368 e. The van der Waals surface area contributed by atoms with Crippen LogP contribution in [0.25, 0.3) is 17.0 Å². The molecule has 3 aromatic rings. The van der Waals surface area contributed by atoms with Gasteiger partial charge in [0.2, 0.25) is 5.91 Å². The predicted molar refractivity (Wildman–Crippen MR) is 116 cm³/mol. The van der Waals surface area contributed by atoms with Gasteiger partial charge in [-0.3, -0.25) is 4.79 Å². The summed E-state index contributed by atoms with van der Waals surface area (Å²) in [5, 5.41) is 9.99. The van der Waals surface area contributed by atoms with Gasteiger partial charge < -0.3 is 14.4 Å². The van der Waals surface area contributed by atoms with Crippen molar-refractivity contribution in [2.24, 2.45) is 0 Å². The van der Waals surface area contributed by atoms with Crippen molar-refractivity contribution >= 4 is 28.6 Å². The van der Waals surface area contributed by atoms with Crippen molar-refractivity contribution in [1.29, 1.82) is 5.26 Å². The minimum absolute atomic E-state index is 0.0477. The molecule has 1 saturated heterocycles. The maximum absolute atomic E-state index is 12.7. The smallest absolute Gasteiger partial charge is 0.246 e. The van der Waals surface area contributed by atoms with Crippen LogP contribution in [0.1, 0.15) is 12.0 Å². The molecule has 0 aliphatic carbocycles. The Labute approximate surface area is 171 Å². The molecule has 2 heterocycles. The van der Waals surface area contributed by atoms with E-state index in [1.54, 1.807) is 6.08 Å². The van der Waals surface area contributed by atoms with Crippen molar-refractivity contribution in [3.05, 3.63) is 72.4 Å². The van der Waals surface area contributed by atoms with E-state index in [1.807, 2.05) is 47.5 Å². The lowest BCUT2D eigenvalue weighted by molar-refractivity contribution is -0.126. The predicted octanol–water partition coefficient (Wildman–Crippen LogP) is 3.92. The Morgan fingerprint density at radius 1 is 1.00 bits per heavy atom. The number of anilines is 1. The second-order valence-corrected chi connectivity index (χ2v) is 7.18. The van der Waals surface area contributed by atoms with Crippen molar-refractivity contribution in [2.75, 3.05) is 31.1 Å². The average molecular weight is 384 g/mol. The van der Waals surface area contributed by atoms with E-state index in [9.17, 15) is 4.79 Å². The second kappa shape index (κ2) is 8.66. The maximum Gasteiger partial charge on any atom is 0.246 e. The Hall–Kier alpha value is -3.52. The monoisotopic (exact) mass is 384 g/mol. The van der Waals surface area contributed by atoms with Gasteiger partial charge in [-0.05, 0) is 24.3 Å². The number of nitriles is 1.